The van der Waals surface area contributed by atoms with Crippen LogP contribution in [-0.2, 0) is 28.6 Å². The third-order valence-corrected chi connectivity index (χ3v) is 12.6. The first-order chi connectivity index (χ1) is 29.3. The SMILES string of the molecule is CCCCCCCCCCCCCC(=O)OC[C@@H](COC(=O)CCCCCCCCCCC(C)CC)OC(=O)CCCCCCCCCCCCCCCCCCC(C)C. The Morgan fingerprint density at radius 2 is 0.633 bits per heavy atom. The fourth-order valence-corrected chi connectivity index (χ4v) is 8.13. The van der Waals surface area contributed by atoms with Crippen molar-refractivity contribution >= 4 is 17.9 Å². The van der Waals surface area contributed by atoms with E-state index in [1.54, 1.807) is 0 Å². The molecule has 0 aromatic rings. The Labute approximate surface area is 374 Å². The molecule has 0 amide bonds. The predicted molar refractivity (Wildman–Crippen MR) is 256 cm³/mol. The van der Waals surface area contributed by atoms with E-state index in [0.29, 0.717) is 19.3 Å². The summed E-state index contributed by atoms with van der Waals surface area (Å²) in [5.74, 6) is 0.852. The topological polar surface area (TPSA) is 78.9 Å². The third kappa shape index (κ3) is 45.9. The molecule has 0 aliphatic carbocycles. The summed E-state index contributed by atoms with van der Waals surface area (Å²) in [6.07, 6.45) is 48.0. The van der Waals surface area contributed by atoms with Crippen molar-refractivity contribution in [2.75, 3.05) is 13.2 Å². The van der Waals surface area contributed by atoms with E-state index in [0.717, 1.165) is 69.6 Å². The number of esters is 3. The second-order valence-electron chi connectivity index (χ2n) is 19.2. The van der Waals surface area contributed by atoms with Crippen molar-refractivity contribution in [3.63, 3.8) is 0 Å². The van der Waals surface area contributed by atoms with E-state index < -0.39 is 6.10 Å². The van der Waals surface area contributed by atoms with Gasteiger partial charge in [0.1, 0.15) is 13.2 Å². The molecule has 0 fully saturated rings. The molecule has 356 valence electrons. The van der Waals surface area contributed by atoms with Gasteiger partial charge in [-0.3, -0.25) is 14.4 Å². The van der Waals surface area contributed by atoms with E-state index in [-0.39, 0.29) is 31.1 Å². The van der Waals surface area contributed by atoms with E-state index in [4.69, 9.17) is 14.2 Å². The molecule has 1 unspecified atom stereocenters. The lowest BCUT2D eigenvalue weighted by Crippen LogP contribution is -2.30. The van der Waals surface area contributed by atoms with Gasteiger partial charge in [-0.1, -0.05) is 259 Å². The van der Waals surface area contributed by atoms with Crippen LogP contribution in [0.4, 0.5) is 0 Å². The van der Waals surface area contributed by atoms with Crippen LogP contribution in [-0.4, -0.2) is 37.2 Å². The molecule has 0 spiro atoms. The van der Waals surface area contributed by atoms with Crippen molar-refractivity contribution < 1.29 is 28.6 Å². The van der Waals surface area contributed by atoms with Crippen LogP contribution >= 0.6 is 0 Å². The van der Waals surface area contributed by atoms with Crippen molar-refractivity contribution in [2.45, 2.75) is 304 Å². The van der Waals surface area contributed by atoms with Crippen LogP contribution in [0.1, 0.15) is 298 Å². The molecule has 2 atom stereocenters. The summed E-state index contributed by atoms with van der Waals surface area (Å²) < 4.78 is 16.8. The van der Waals surface area contributed by atoms with Crippen LogP contribution in [0, 0.1) is 11.8 Å². The standard InChI is InChI=1S/C54H104O6/c1-6-8-9-10-11-12-19-23-29-34-39-44-52(55)58-47-51(48-59-53(56)45-40-35-30-26-25-28-33-38-43-50(5)7-2)60-54(57)46-41-36-31-24-21-18-16-14-13-15-17-20-22-27-32-37-42-49(3)4/h49-51H,6-48H2,1-5H3/t50?,51-/m0/s1. The maximum atomic E-state index is 12.8. The molecule has 0 saturated heterocycles. The lowest BCUT2D eigenvalue weighted by molar-refractivity contribution is -0.167. The summed E-state index contributed by atoms with van der Waals surface area (Å²) in [5.41, 5.74) is 0. The number of hydrogen-bond donors (Lipinski definition) is 0. The lowest BCUT2D eigenvalue weighted by Gasteiger charge is -2.18. The fourth-order valence-electron chi connectivity index (χ4n) is 8.13. The van der Waals surface area contributed by atoms with Gasteiger partial charge in [0.25, 0.3) is 0 Å². The summed E-state index contributed by atoms with van der Waals surface area (Å²) in [6.45, 7) is 11.4. The second-order valence-corrected chi connectivity index (χ2v) is 19.2. The van der Waals surface area contributed by atoms with Gasteiger partial charge >= 0.3 is 17.9 Å². The first kappa shape index (κ1) is 58.4. The highest BCUT2D eigenvalue weighted by molar-refractivity contribution is 5.71. The first-order valence-corrected chi connectivity index (χ1v) is 26.8. The highest BCUT2D eigenvalue weighted by Gasteiger charge is 2.19. The summed E-state index contributed by atoms with van der Waals surface area (Å²) in [7, 11) is 0. The minimum atomic E-state index is -0.761. The van der Waals surface area contributed by atoms with Crippen LogP contribution in [0.25, 0.3) is 0 Å². The van der Waals surface area contributed by atoms with Gasteiger partial charge in [0, 0.05) is 19.3 Å². The van der Waals surface area contributed by atoms with Gasteiger partial charge in [0.05, 0.1) is 0 Å². The average molecular weight is 849 g/mol. The Hall–Kier alpha value is -1.59. The van der Waals surface area contributed by atoms with Gasteiger partial charge < -0.3 is 14.2 Å². The van der Waals surface area contributed by atoms with E-state index in [9.17, 15) is 14.4 Å². The smallest absolute Gasteiger partial charge is 0.306 e. The summed E-state index contributed by atoms with van der Waals surface area (Å²) >= 11 is 0. The van der Waals surface area contributed by atoms with Crippen molar-refractivity contribution in [3.05, 3.63) is 0 Å². The number of unbranched alkanes of at least 4 members (excludes halogenated alkanes) is 32. The lowest BCUT2D eigenvalue weighted by atomic mass is 9.99. The van der Waals surface area contributed by atoms with Gasteiger partial charge in [0.2, 0.25) is 0 Å². The minimum absolute atomic E-state index is 0.0637. The molecule has 0 N–H and O–H groups in total. The normalized spacial score (nSPS) is 12.5. The summed E-state index contributed by atoms with van der Waals surface area (Å²) in [5, 5.41) is 0. The summed E-state index contributed by atoms with van der Waals surface area (Å²) in [4.78, 5) is 37.9. The van der Waals surface area contributed by atoms with E-state index in [1.807, 2.05) is 0 Å². The van der Waals surface area contributed by atoms with E-state index in [1.165, 1.54) is 186 Å². The Kier molecular flexibility index (Phi) is 45.7. The maximum absolute atomic E-state index is 12.8. The zero-order chi connectivity index (χ0) is 44.0. The fraction of sp³-hybridized carbons (Fsp3) is 0.944. The number of rotatable bonds is 48. The highest BCUT2D eigenvalue weighted by atomic mass is 16.6. The highest BCUT2D eigenvalue weighted by Crippen LogP contribution is 2.18. The molecule has 0 aliphatic heterocycles. The van der Waals surface area contributed by atoms with Crippen LogP contribution in [0.2, 0.25) is 0 Å². The molecule has 0 bridgehead atoms. The van der Waals surface area contributed by atoms with Crippen LogP contribution in [0.15, 0.2) is 0 Å². The number of carbonyl (C=O) groups excluding carboxylic acids is 3. The summed E-state index contributed by atoms with van der Waals surface area (Å²) in [6, 6.07) is 0. The molecule has 60 heavy (non-hydrogen) atoms. The molecule has 0 radical (unpaired) electrons. The first-order valence-electron chi connectivity index (χ1n) is 26.8. The zero-order valence-electron chi connectivity index (χ0n) is 41.1. The van der Waals surface area contributed by atoms with Crippen molar-refractivity contribution in [2.24, 2.45) is 11.8 Å². The average Bonchev–Trinajstić information content (AvgIpc) is 3.23. The van der Waals surface area contributed by atoms with Crippen molar-refractivity contribution in [1.82, 2.24) is 0 Å². The quantitative estimate of drug-likeness (QED) is 0.0345. The van der Waals surface area contributed by atoms with Crippen LogP contribution < -0.4 is 0 Å². The third-order valence-electron chi connectivity index (χ3n) is 12.6. The van der Waals surface area contributed by atoms with Gasteiger partial charge in [-0.2, -0.15) is 0 Å². The molecule has 0 saturated carbocycles. The van der Waals surface area contributed by atoms with Gasteiger partial charge in [-0.15, -0.1) is 0 Å². The number of hydrogen-bond acceptors (Lipinski definition) is 6. The molecule has 6 heteroatoms. The molecular formula is C54H104O6. The zero-order valence-corrected chi connectivity index (χ0v) is 41.1. The molecule has 0 rings (SSSR count). The van der Waals surface area contributed by atoms with Crippen molar-refractivity contribution in [1.29, 1.82) is 0 Å². The van der Waals surface area contributed by atoms with Gasteiger partial charge in [-0.05, 0) is 31.1 Å². The predicted octanol–water partition coefficient (Wildman–Crippen LogP) is 17.3. The molecule has 0 aromatic carbocycles. The number of ether oxygens (including phenoxy) is 3. The maximum Gasteiger partial charge on any atom is 0.306 e. The van der Waals surface area contributed by atoms with Gasteiger partial charge in [0.15, 0.2) is 6.10 Å². The molecular weight excluding hydrogens is 745 g/mol. The Bertz CT molecular complexity index is 918. The molecule has 6 nitrogen and oxygen atoms in total. The Morgan fingerprint density at radius 3 is 0.950 bits per heavy atom. The van der Waals surface area contributed by atoms with Crippen LogP contribution in [0.5, 0.6) is 0 Å². The molecule has 0 aromatic heterocycles. The minimum Gasteiger partial charge on any atom is -0.462 e. The second kappa shape index (κ2) is 46.9. The molecule has 0 heterocycles. The van der Waals surface area contributed by atoms with Gasteiger partial charge in [-0.25, -0.2) is 0 Å². The monoisotopic (exact) mass is 849 g/mol. The van der Waals surface area contributed by atoms with E-state index in [2.05, 4.69) is 34.6 Å². The molecule has 0 aliphatic rings. The Morgan fingerprint density at radius 1 is 0.350 bits per heavy atom. The Balaban J connectivity index is 4.27. The van der Waals surface area contributed by atoms with Crippen LogP contribution in [0.3, 0.4) is 0 Å². The van der Waals surface area contributed by atoms with E-state index >= 15 is 0 Å². The number of carbonyl (C=O) groups is 3. The van der Waals surface area contributed by atoms with Crippen molar-refractivity contribution in [3.8, 4) is 0 Å². The largest absolute Gasteiger partial charge is 0.462 e.